The summed E-state index contributed by atoms with van der Waals surface area (Å²) < 4.78 is 29.2. The van der Waals surface area contributed by atoms with Crippen LogP contribution in [0, 0.1) is 10.9 Å². The molecule has 0 amide bonds. The van der Waals surface area contributed by atoms with Crippen molar-refractivity contribution in [1.82, 2.24) is 0 Å². The van der Waals surface area contributed by atoms with E-state index in [0.29, 0.717) is 10.1 Å². The predicted octanol–water partition coefficient (Wildman–Crippen LogP) is 6.70. The van der Waals surface area contributed by atoms with E-state index in [1.165, 1.54) is 10.1 Å². The van der Waals surface area contributed by atoms with E-state index >= 15 is 0 Å². The predicted molar refractivity (Wildman–Crippen MR) is 92.1 cm³/mol. The number of rotatable bonds is 0. The number of halogens is 2. The van der Waals surface area contributed by atoms with Crippen molar-refractivity contribution in [2.75, 3.05) is 0 Å². The van der Waals surface area contributed by atoms with Crippen LogP contribution in [0.2, 0.25) is 0 Å². The zero-order valence-corrected chi connectivity index (χ0v) is 12.8. The molecule has 0 saturated heterocycles. The molecule has 5 rings (SSSR count). The molecule has 0 aliphatic carbocycles. The largest absolute Gasteiger partial charge is 0.213 e. The van der Waals surface area contributed by atoms with Crippen LogP contribution >= 0.6 is 22.7 Å². The third kappa shape index (κ3) is 1.65. The fourth-order valence-electron chi connectivity index (χ4n) is 2.99. The molecule has 5 aromatic rings. The fraction of sp³-hybridized carbons (Fsp3) is 0. The molecule has 0 aliphatic rings. The highest BCUT2D eigenvalue weighted by Crippen LogP contribution is 2.35. The van der Waals surface area contributed by atoms with Crippen molar-refractivity contribution < 1.29 is 8.78 Å². The maximum Gasteiger partial charge on any atom is 0.213 e. The molecule has 3 aromatic carbocycles. The van der Waals surface area contributed by atoms with E-state index in [1.807, 2.05) is 6.07 Å². The van der Waals surface area contributed by atoms with Gasteiger partial charge in [0.15, 0.2) is 5.82 Å². The summed E-state index contributed by atoms with van der Waals surface area (Å²) in [6, 6.07) is 14.2. The van der Waals surface area contributed by atoms with Crippen molar-refractivity contribution in [3.05, 3.63) is 58.8 Å². The molecule has 4 heteroatoms. The first-order chi connectivity index (χ1) is 10.7. The highest BCUT2D eigenvalue weighted by Gasteiger charge is 2.13. The summed E-state index contributed by atoms with van der Waals surface area (Å²) in [6.45, 7) is 0. The van der Waals surface area contributed by atoms with Gasteiger partial charge in [-0.05, 0) is 74.8 Å². The standard InChI is InChI=1S/C18H8F2S2/c19-17-14-6-11-4-10-3-9-1-2-21-15(9)7-12(10)5-13(11)8-16(14)22-18(17)20/h1-8H. The average Bonchev–Trinajstić information content (AvgIpc) is 3.06. The van der Waals surface area contributed by atoms with Crippen LogP contribution in [0.1, 0.15) is 0 Å². The van der Waals surface area contributed by atoms with E-state index in [0.717, 1.165) is 32.9 Å². The Balaban J connectivity index is 1.94. The number of hydrogen-bond donors (Lipinski definition) is 0. The summed E-state index contributed by atoms with van der Waals surface area (Å²) in [4.78, 5) is 0. The van der Waals surface area contributed by atoms with Gasteiger partial charge in [0.05, 0.1) is 0 Å². The van der Waals surface area contributed by atoms with Gasteiger partial charge in [-0.1, -0.05) is 0 Å². The molecular weight excluding hydrogens is 318 g/mol. The van der Waals surface area contributed by atoms with Crippen molar-refractivity contribution in [2.45, 2.75) is 0 Å². The van der Waals surface area contributed by atoms with Crippen LogP contribution in [0.25, 0.3) is 41.7 Å². The number of hydrogen-bond acceptors (Lipinski definition) is 2. The molecule has 106 valence electrons. The highest BCUT2D eigenvalue weighted by atomic mass is 32.1. The van der Waals surface area contributed by atoms with Crippen LogP contribution in [-0.4, -0.2) is 0 Å². The molecule has 2 aromatic heterocycles. The van der Waals surface area contributed by atoms with Gasteiger partial charge >= 0.3 is 0 Å². The lowest BCUT2D eigenvalue weighted by molar-refractivity contribution is 0.538. The average molecular weight is 326 g/mol. The Kier molecular flexibility index (Phi) is 2.41. The number of fused-ring (bicyclic) bond motifs is 4. The van der Waals surface area contributed by atoms with Crippen LogP contribution in [-0.2, 0) is 0 Å². The van der Waals surface area contributed by atoms with Gasteiger partial charge < -0.3 is 0 Å². The lowest BCUT2D eigenvalue weighted by Crippen LogP contribution is -1.78. The lowest BCUT2D eigenvalue weighted by atomic mass is 10.0. The molecule has 0 bridgehead atoms. The normalized spacial score (nSPS) is 12.1. The van der Waals surface area contributed by atoms with Gasteiger partial charge in [0.1, 0.15) is 0 Å². The van der Waals surface area contributed by atoms with Gasteiger partial charge in [-0.15, -0.1) is 22.7 Å². The Labute approximate surface area is 132 Å². The number of thiophene rings is 2. The molecule has 0 saturated carbocycles. The molecule has 0 spiro atoms. The summed E-state index contributed by atoms with van der Waals surface area (Å²) in [5.74, 6) is -0.740. The van der Waals surface area contributed by atoms with E-state index in [9.17, 15) is 8.78 Å². The van der Waals surface area contributed by atoms with Crippen LogP contribution in [0.5, 0.6) is 0 Å². The number of benzene rings is 3. The molecule has 0 unspecified atom stereocenters. The quantitative estimate of drug-likeness (QED) is 0.278. The Morgan fingerprint density at radius 1 is 0.682 bits per heavy atom. The van der Waals surface area contributed by atoms with Crippen LogP contribution in [0.4, 0.5) is 8.78 Å². The van der Waals surface area contributed by atoms with Crippen molar-refractivity contribution in [1.29, 1.82) is 0 Å². The Morgan fingerprint density at radius 2 is 1.32 bits per heavy atom. The van der Waals surface area contributed by atoms with Crippen LogP contribution < -0.4 is 0 Å². The maximum atomic E-state index is 13.8. The second kappa shape index (κ2) is 4.24. The molecule has 22 heavy (non-hydrogen) atoms. The summed E-state index contributed by atoms with van der Waals surface area (Å²) in [5, 5.41) is 7.14. The van der Waals surface area contributed by atoms with E-state index in [-0.39, 0.29) is 0 Å². The molecule has 0 radical (unpaired) electrons. The Bertz CT molecular complexity index is 1200. The van der Waals surface area contributed by atoms with Crippen LogP contribution in [0.15, 0.2) is 47.8 Å². The van der Waals surface area contributed by atoms with E-state index in [1.54, 1.807) is 17.4 Å². The summed E-state index contributed by atoms with van der Waals surface area (Å²) in [5.41, 5.74) is 0. The topological polar surface area (TPSA) is 0 Å². The zero-order chi connectivity index (χ0) is 14.8. The van der Waals surface area contributed by atoms with E-state index in [4.69, 9.17) is 0 Å². The van der Waals surface area contributed by atoms with Crippen LogP contribution in [0.3, 0.4) is 0 Å². The molecule has 0 nitrogen and oxygen atoms in total. The molecule has 0 N–H and O–H groups in total. The van der Waals surface area contributed by atoms with Crippen molar-refractivity contribution in [3.63, 3.8) is 0 Å². The minimum atomic E-state index is -0.740. The SMILES string of the molecule is Fc1sc2cc3cc4cc5sccc5cc4cc3cc2c1F. The highest BCUT2D eigenvalue weighted by molar-refractivity contribution is 7.17. The minimum absolute atomic E-state index is 0.367. The fourth-order valence-corrected chi connectivity index (χ4v) is 4.65. The smallest absolute Gasteiger partial charge is 0.202 e. The van der Waals surface area contributed by atoms with Gasteiger partial charge in [-0.25, -0.2) is 4.39 Å². The second-order valence-electron chi connectivity index (χ2n) is 5.40. The van der Waals surface area contributed by atoms with Gasteiger partial charge in [-0.2, -0.15) is 4.39 Å². The Hall–Kier alpha value is -2.04. The van der Waals surface area contributed by atoms with Gasteiger partial charge in [0.25, 0.3) is 0 Å². The minimum Gasteiger partial charge on any atom is -0.202 e. The first-order valence-electron chi connectivity index (χ1n) is 6.81. The van der Waals surface area contributed by atoms with E-state index in [2.05, 4.69) is 35.7 Å². The van der Waals surface area contributed by atoms with Crippen molar-refractivity contribution >= 4 is 64.4 Å². The third-order valence-electron chi connectivity index (χ3n) is 4.07. The molecular formula is C18H8F2S2. The van der Waals surface area contributed by atoms with Gasteiger partial charge in [0.2, 0.25) is 5.13 Å². The molecule has 0 aliphatic heterocycles. The second-order valence-corrected chi connectivity index (χ2v) is 7.35. The molecule has 2 heterocycles. The lowest BCUT2D eigenvalue weighted by Gasteiger charge is -2.04. The monoisotopic (exact) mass is 326 g/mol. The molecule has 0 fully saturated rings. The zero-order valence-electron chi connectivity index (χ0n) is 11.2. The van der Waals surface area contributed by atoms with Crippen molar-refractivity contribution in [3.8, 4) is 0 Å². The summed E-state index contributed by atoms with van der Waals surface area (Å²) in [7, 11) is 0. The Morgan fingerprint density at radius 3 is 2.14 bits per heavy atom. The maximum absolute atomic E-state index is 13.8. The first-order valence-corrected chi connectivity index (χ1v) is 8.51. The summed E-state index contributed by atoms with van der Waals surface area (Å²) >= 11 is 2.58. The van der Waals surface area contributed by atoms with Crippen molar-refractivity contribution in [2.24, 2.45) is 0 Å². The third-order valence-corrected chi connectivity index (χ3v) is 5.87. The molecule has 0 atom stereocenters. The van der Waals surface area contributed by atoms with Gasteiger partial charge in [0, 0.05) is 14.8 Å². The first kappa shape index (κ1) is 12.5. The van der Waals surface area contributed by atoms with E-state index < -0.39 is 10.9 Å². The summed E-state index contributed by atoms with van der Waals surface area (Å²) in [6.07, 6.45) is 0. The van der Waals surface area contributed by atoms with Gasteiger partial charge in [-0.3, -0.25) is 0 Å².